The molecular formula is C26H20ClNO6S. The fourth-order valence-corrected chi connectivity index (χ4v) is 5.25. The molecule has 35 heavy (non-hydrogen) atoms. The minimum Gasteiger partial charge on any atom is -0.503 e. The number of aliphatic hydroxyl groups is 1. The first kappa shape index (κ1) is 23.0. The molecule has 5 rings (SSSR count). The number of benzene rings is 2. The average Bonchev–Trinajstić information content (AvgIpc) is 3.59. The van der Waals surface area contributed by atoms with Crippen molar-refractivity contribution < 1.29 is 28.6 Å². The summed E-state index contributed by atoms with van der Waals surface area (Å²) in [5.41, 5.74) is 1.21. The Hall–Kier alpha value is -3.75. The molecule has 0 saturated heterocycles. The third-order valence-electron chi connectivity index (χ3n) is 5.86. The number of hydrogen-bond donors (Lipinski definition) is 1. The van der Waals surface area contributed by atoms with Gasteiger partial charge in [0.15, 0.2) is 23.0 Å². The van der Waals surface area contributed by atoms with Crippen LogP contribution < -0.4 is 9.47 Å². The molecule has 1 amide bonds. The Kier molecular flexibility index (Phi) is 6.00. The second kappa shape index (κ2) is 9.13. The summed E-state index contributed by atoms with van der Waals surface area (Å²) >= 11 is 7.45. The first-order chi connectivity index (χ1) is 16.9. The first-order valence-electron chi connectivity index (χ1n) is 10.6. The minimum atomic E-state index is -0.778. The highest BCUT2D eigenvalue weighted by molar-refractivity contribution is 7.10. The van der Waals surface area contributed by atoms with Gasteiger partial charge in [-0.2, -0.15) is 0 Å². The van der Waals surface area contributed by atoms with E-state index in [1.807, 2.05) is 17.5 Å². The zero-order valence-corrected chi connectivity index (χ0v) is 20.4. The lowest BCUT2D eigenvalue weighted by molar-refractivity contribution is -0.130. The highest BCUT2D eigenvalue weighted by Gasteiger charge is 2.45. The fourth-order valence-electron chi connectivity index (χ4n) is 4.23. The Bertz CT molecular complexity index is 1470. The van der Waals surface area contributed by atoms with Crippen LogP contribution in [0.4, 0.5) is 0 Å². The van der Waals surface area contributed by atoms with E-state index in [2.05, 4.69) is 0 Å². The van der Waals surface area contributed by atoms with Gasteiger partial charge in [-0.15, -0.1) is 11.3 Å². The molecular weight excluding hydrogens is 490 g/mol. The summed E-state index contributed by atoms with van der Waals surface area (Å²) in [4.78, 5) is 29.0. The number of ketones is 1. The Morgan fingerprint density at radius 3 is 2.63 bits per heavy atom. The van der Waals surface area contributed by atoms with Crippen molar-refractivity contribution in [2.45, 2.75) is 12.6 Å². The number of hydrogen-bond acceptors (Lipinski definition) is 7. The number of methoxy groups -OCH3 is 2. The van der Waals surface area contributed by atoms with Gasteiger partial charge in [-0.25, -0.2) is 0 Å². The monoisotopic (exact) mass is 509 g/mol. The summed E-state index contributed by atoms with van der Waals surface area (Å²) < 4.78 is 16.4. The molecule has 1 N–H and O–H groups in total. The number of amides is 1. The van der Waals surface area contributed by atoms with Gasteiger partial charge in [-0.1, -0.05) is 23.7 Å². The van der Waals surface area contributed by atoms with E-state index in [-0.39, 0.29) is 17.9 Å². The molecule has 1 atom stereocenters. The highest BCUT2D eigenvalue weighted by atomic mass is 35.5. The molecule has 1 aliphatic rings. The third-order valence-corrected chi connectivity index (χ3v) is 7.02. The van der Waals surface area contributed by atoms with Crippen molar-refractivity contribution in [1.82, 2.24) is 4.90 Å². The van der Waals surface area contributed by atoms with Crippen LogP contribution in [0.15, 0.2) is 75.7 Å². The molecule has 1 aliphatic heterocycles. The standard InChI is InChI=1S/C26H20ClNO6S/c1-32-18-7-5-14(10-19(18)33-2)13-28-23(21-4-3-9-35-21)22(25(30)26(28)31)24(29)20-12-15-11-16(27)6-8-17(15)34-20/h3-12,23,30H,13H2,1-2H3. The van der Waals surface area contributed by atoms with E-state index < -0.39 is 23.5 Å². The SMILES string of the molecule is COc1ccc(CN2C(=O)C(O)=C(C(=O)c3cc4cc(Cl)ccc4o3)C2c2cccs2)cc1OC. The Morgan fingerprint density at radius 1 is 1.11 bits per heavy atom. The van der Waals surface area contributed by atoms with Gasteiger partial charge in [-0.05, 0) is 53.4 Å². The highest BCUT2D eigenvalue weighted by Crippen LogP contribution is 2.42. The number of Topliss-reactive ketones (excluding diaryl/α,β-unsaturated/α-hetero) is 1. The van der Waals surface area contributed by atoms with E-state index >= 15 is 0 Å². The van der Waals surface area contributed by atoms with Gasteiger partial charge in [0.05, 0.1) is 19.8 Å². The van der Waals surface area contributed by atoms with Crippen LogP contribution in [-0.2, 0) is 11.3 Å². The Balaban J connectivity index is 1.54. The fraction of sp³-hybridized carbons (Fsp3) is 0.154. The Labute approximate surface area is 209 Å². The number of carbonyl (C=O) groups is 2. The second-order valence-electron chi connectivity index (χ2n) is 7.92. The number of fused-ring (bicyclic) bond motifs is 1. The molecule has 0 saturated carbocycles. The number of halogens is 1. The summed E-state index contributed by atoms with van der Waals surface area (Å²) in [6.45, 7) is 0.137. The predicted molar refractivity (Wildman–Crippen MR) is 132 cm³/mol. The molecule has 0 spiro atoms. The van der Waals surface area contributed by atoms with Crippen molar-refractivity contribution >= 4 is 45.6 Å². The van der Waals surface area contributed by atoms with E-state index in [1.165, 1.54) is 23.3 Å². The maximum Gasteiger partial charge on any atom is 0.290 e. The number of aliphatic hydroxyl groups excluding tert-OH is 1. The molecule has 2 aromatic heterocycles. The topological polar surface area (TPSA) is 89.2 Å². The number of rotatable bonds is 7. The average molecular weight is 510 g/mol. The van der Waals surface area contributed by atoms with Crippen molar-refractivity contribution in [2.75, 3.05) is 14.2 Å². The maximum atomic E-state index is 13.6. The predicted octanol–water partition coefficient (Wildman–Crippen LogP) is 5.94. The van der Waals surface area contributed by atoms with Gasteiger partial charge in [0, 0.05) is 21.8 Å². The van der Waals surface area contributed by atoms with Gasteiger partial charge in [0.1, 0.15) is 11.6 Å². The normalized spacial score (nSPS) is 15.8. The maximum absolute atomic E-state index is 13.6. The van der Waals surface area contributed by atoms with Gasteiger partial charge in [-0.3, -0.25) is 9.59 Å². The van der Waals surface area contributed by atoms with E-state index in [4.69, 9.17) is 25.5 Å². The molecule has 0 radical (unpaired) electrons. The first-order valence-corrected chi connectivity index (χ1v) is 11.9. The van der Waals surface area contributed by atoms with Crippen LogP contribution in [0.3, 0.4) is 0 Å². The van der Waals surface area contributed by atoms with Gasteiger partial charge in [0.25, 0.3) is 5.91 Å². The summed E-state index contributed by atoms with van der Waals surface area (Å²) in [5.74, 6) is -0.699. The van der Waals surface area contributed by atoms with E-state index in [1.54, 1.807) is 49.6 Å². The van der Waals surface area contributed by atoms with Crippen molar-refractivity contribution in [2.24, 2.45) is 0 Å². The zero-order chi connectivity index (χ0) is 24.7. The summed E-state index contributed by atoms with van der Waals surface area (Å²) in [5, 5.41) is 13.9. The smallest absolute Gasteiger partial charge is 0.290 e. The summed E-state index contributed by atoms with van der Waals surface area (Å²) in [6, 6.07) is 14.8. The number of ether oxygens (including phenoxy) is 2. The minimum absolute atomic E-state index is 0.0196. The number of thiophene rings is 1. The van der Waals surface area contributed by atoms with Crippen molar-refractivity contribution in [3.05, 3.63) is 92.5 Å². The number of carbonyl (C=O) groups excluding carboxylic acids is 2. The summed E-state index contributed by atoms with van der Waals surface area (Å²) in [7, 11) is 3.07. The van der Waals surface area contributed by atoms with Crippen LogP contribution in [0, 0.1) is 0 Å². The van der Waals surface area contributed by atoms with E-state index in [0.717, 1.165) is 10.4 Å². The molecule has 3 heterocycles. The van der Waals surface area contributed by atoms with Crippen LogP contribution in [-0.4, -0.2) is 35.9 Å². The van der Waals surface area contributed by atoms with Gasteiger partial charge >= 0.3 is 0 Å². The third kappa shape index (κ3) is 4.05. The van der Waals surface area contributed by atoms with Crippen molar-refractivity contribution in [1.29, 1.82) is 0 Å². The van der Waals surface area contributed by atoms with Crippen LogP contribution >= 0.6 is 22.9 Å². The molecule has 7 nitrogen and oxygen atoms in total. The molecule has 0 aliphatic carbocycles. The lowest BCUT2D eigenvalue weighted by Crippen LogP contribution is -2.30. The molecule has 2 aromatic carbocycles. The number of furan rings is 1. The van der Waals surface area contributed by atoms with Crippen LogP contribution in [0.1, 0.15) is 27.0 Å². The van der Waals surface area contributed by atoms with Crippen LogP contribution in [0.25, 0.3) is 11.0 Å². The molecule has 178 valence electrons. The lowest BCUT2D eigenvalue weighted by atomic mass is 10.00. The van der Waals surface area contributed by atoms with E-state index in [0.29, 0.717) is 27.5 Å². The van der Waals surface area contributed by atoms with Crippen LogP contribution in [0.5, 0.6) is 11.5 Å². The summed E-state index contributed by atoms with van der Waals surface area (Å²) in [6.07, 6.45) is 0. The quantitative estimate of drug-likeness (QED) is 0.310. The molecule has 0 fully saturated rings. The van der Waals surface area contributed by atoms with E-state index in [9.17, 15) is 14.7 Å². The molecule has 4 aromatic rings. The lowest BCUT2D eigenvalue weighted by Gasteiger charge is -2.26. The molecule has 0 bridgehead atoms. The molecule has 1 unspecified atom stereocenters. The zero-order valence-electron chi connectivity index (χ0n) is 18.8. The largest absolute Gasteiger partial charge is 0.503 e. The van der Waals surface area contributed by atoms with Crippen molar-refractivity contribution in [3.8, 4) is 11.5 Å². The Morgan fingerprint density at radius 2 is 1.91 bits per heavy atom. The van der Waals surface area contributed by atoms with Gasteiger partial charge < -0.3 is 23.9 Å². The van der Waals surface area contributed by atoms with Crippen LogP contribution in [0.2, 0.25) is 5.02 Å². The van der Waals surface area contributed by atoms with Crippen molar-refractivity contribution in [3.63, 3.8) is 0 Å². The second-order valence-corrected chi connectivity index (χ2v) is 9.34. The number of nitrogens with zero attached hydrogens (tertiary/aromatic N) is 1. The molecule has 9 heteroatoms. The van der Waals surface area contributed by atoms with Gasteiger partial charge in [0.2, 0.25) is 5.78 Å².